The van der Waals surface area contributed by atoms with Crippen LogP contribution >= 0.6 is 11.6 Å². The molecular formula is C16H30ClNO3. The standard InChI is InChI=1S/C16H30ClNO3/c1-11(2)10-12-13(8-9-17)20-16(6,7)18(12)14(19)21-15(3,4)5/h11-13H,8-10H2,1-7H3/t12-,13-/m0/s1. The van der Waals surface area contributed by atoms with E-state index in [2.05, 4.69) is 13.8 Å². The smallest absolute Gasteiger partial charge is 0.412 e. The van der Waals surface area contributed by atoms with Crippen molar-refractivity contribution >= 4 is 17.7 Å². The van der Waals surface area contributed by atoms with Crippen LogP contribution in [0.3, 0.4) is 0 Å². The van der Waals surface area contributed by atoms with Crippen LogP contribution in [0, 0.1) is 5.92 Å². The normalized spacial score (nSPS) is 25.5. The van der Waals surface area contributed by atoms with Crippen molar-refractivity contribution in [1.82, 2.24) is 4.90 Å². The maximum atomic E-state index is 12.6. The lowest BCUT2D eigenvalue weighted by Gasteiger charge is -2.35. The van der Waals surface area contributed by atoms with Crippen LogP contribution in [0.1, 0.15) is 61.3 Å². The Morgan fingerprint density at radius 2 is 1.95 bits per heavy atom. The van der Waals surface area contributed by atoms with Crippen molar-refractivity contribution in [2.24, 2.45) is 5.92 Å². The summed E-state index contributed by atoms with van der Waals surface area (Å²) >= 11 is 5.90. The molecule has 1 aliphatic heterocycles. The van der Waals surface area contributed by atoms with Gasteiger partial charge in [-0.3, -0.25) is 4.90 Å². The molecule has 0 bridgehead atoms. The van der Waals surface area contributed by atoms with Gasteiger partial charge in [0, 0.05) is 5.88 Å². The topological polar surface area (TPSA) is 38.8 Å². The van der Waals surface area contributed by atoms with Gasteiger partial charge in [-0.25, -0.2) is 4.79 Å². The quantitative estimate of drug-likeness (QED) is 0.721. The molecule has 1 aliphatic rings. The highest BCUT2D eigenvalue weighted by Crippen LogP contribution is 2.37. The molecular weight excluding hydrogens is 290 g/mol. The molecule has 5 heteroatoms. The van der Waals surface area contributed by atoms with Crippen LogP contribution in [0.2, 0.25) is 0 Å². The minimum Gasteiger partial charge on any atom is -0.444 e. The molecule has 1 rings (SSSR count). The molecule has 0 aromatic heterocycles. The lowest BCUT2D eigenvalue weighted by molar-refractivity contribution is -0.0790. The van der Waals surface area contributed by atoms with Crippen molar-refractivity contribution in [3.8, 4) is 0 Å². The van der Waals surface area contributed by atoms with E-state index in [1.54, 1.807) is 4.90 Å². The van der Waals surface area contributed by atoms with Gasteiger partial charge in [0.1, 0.15) is 11.3 Å². The molecule has 1 amide bonds. The molecule has 0 spiro atoms. The minimum absolute atomic E-state index is 0.00796. The number of halogens is 1. The Bertz CT molecular complexity index is 363. The lowest BCUT2D eigenvalue weighted by atomic mass is 9.97. The van der Waals surface area contributed by atoms with E-state index in [0.717, 1.165) is 12.8 Å². The van der Waals surface area contributed by atoms with Gasteiger partial charge in [0.05, 0.1) is 12.1 Å². The van der Waals surface area contributed by atoms with Gasteiger partial charge in [-0.2, -0.15) is 0 Å². The van der Waals surface area contributed by atoms with E-state index < -0.39 is 11.3 Å². The monoisotopic (exact) mass is 319 g/mol. The van der Waals surface area contributed by atoms with Crippen LogP contribution < -0.4 is 0 Å². The molecule has 4 nitrogen and oxygen atoms in total. The van der Waals surface area contributed by atoms with Crippen molar-refractivity contribution in [3.05, 3.63) is 0 Å². The SMILES string of the molecule is CC(C)C[C@H]1[C@H](CCCl)OC(C)(C)N1C(=O)OC(C)(C)C. The minimum atomic E-state index is -0.668. The second kappa shape index (κ2) is 6.74. The maximum absolute atomic E-state index is 12.6. The fourth-order valence-corrected chi connectivity index (χ4v) is 3.05. The molecule has 0 aromatic rings. The summed E-state index contributed by atoms with van der Waals surface area (Å²) in [4.78, 5) is 14.4. The van der Waals surface area contributed by atoms with Crippen molar-refractivity contribution < 1.29 is 14.3 Å². The number of rotatable bonds is 4. The Kier molecular flexibility index (Phi) is 5.96. The van der Waals surface area contributed by atoms with Crippen molar-refractivity contribution in [1.29, 1.82) is 0 Å². The number of amides is 1. The van der Waals surface area contributed by atoms with Gasteiger partial charge in [-0.15, -0.1) is 11.6 Å². The molecule has 0 aromatic carbocycles. The van der Waals surface area contributed by atoms with Crippen LogP contribution in [-0.2, 0) is 9.47 Å². The predicted octanol–water partition coefficient (Wildman–Crippen LogP) is 4.40. The molecule has 0 N–H and O–H groups in total. The molecule has 0 radical (unpaired) electrons. The average Bonchev–Trinajstić information content (AvgIpc) is 2.46. The first kappa shape index (κ1) is 18.6. The Hall–Kier alpha value is -0.480. The number of alkyl halides is 1. The number of ether oxygens (including phenoxy) is 2. The van der Waals surface area contributed by atoms with E-state index in [-0.39, 0.29) is 18.2 Å². The predicted molar refractivity (Wildman–Crippen MR) is 85.6 cm³/mol. The average molecular weight is 320 g/mol. The van der Waals surface area contributed by atoms with Gasteiger partial charge in [-0.05, 0) is 53.4 Å². The second-order valence-electron chi connectivity index (χ2n) is 7.63. The summed E-state index contributed by atoms with van der Waals surface area (Å²) in [7, 11) is 0. The Morgan fingerprint density at radius 1 is 1.38 bits per heavy atom. The van der Waals surface area contributed by atoms with Crippen LogP contribution in [-0.4, -0.2) is 40.3 Å². The summed E-state index contributed by atoms with van der Waals surface area (Å²) in [6, 6.07) is 0.00796. The highest BCUT2D eigenvalue weighted by molar-refractivity contribution is 6.17. The summed E-state index contributed by atoms with van der Waals surface area (Å²) < 4.78 is 11.7. The number of carbonyl (C=O) groups is 1. The largest absolute Gasteiger partial charge is 0.444 e. The molecule has 124 valence electrons. The molecule has 1 saturated heterocycles. The van der Waals surface area contributed by atoms with E-state index in [0.29, 0.717) is 11.8 Å². The summed E-state index contributed by atoms with van der Waals surface area (Å²) in [6.45, 7) is 13.8. The van der Waals surface area contributed by atoms with Gasteiger partial charge in [0.2, 0.25) is 0 Å². The van der Waals surface area contributed by atoms with Crippen LogP contribution in [0.4, 0.5) is 4.79 Å². The molecule has 1 heterocycles. The van der Waals surface area contributed by atoms with E-state index in [4.69, 9.17) is 21.1 Å². The Balaban J connectivity index is 3.01. The first-order chi connectivity index (χ1) is 9.48. The molecule has 0 unspecified atom stereocenters. The van der Waals surface area contributed by atoms with Crippen molar-refractivity contribution in [2.45, 2.75) is 84.8 Å². The van der Waals surface area contributed by atoms with Crippen molar-refractivity contribution in [2.75, 3.05) is 5.88 Å². The van der Waals surface area contributed by atoms with Gasteiger partial charge in [0.15, 0.2) is 0 Å². The third kappa shape index (κ3) is 5.03. The van der Waals surface area contributed by atoms with E-state index in [1.165, 1.54) is 0 Å². The van der Waals surface area contributed by atoms with Crippen LogP contribution in [0.15, 0.2) is 0 Å². The zero-order chi connectivity index (χ0) is 16.4. The molecule has 21 heavy (non-hydrogen) atoms. The number of hydrogen-bond acceptors (Lipinski definition) is 3. The van der Waals surface area contributed by atoms with E-state index in [9.17, 15) is 4.79 Å². The third-order valence-corrected chi connectivity index (χ3v) is 3.70. The maximum Gasteiger partial charge on any atom is 0.412 e. The molecule has 2 atom stereocenters. The fourth-order valence-electron chi connectivity index (χ4n) is 2.84. The van der Waals surface area contributed by atoms with Gasteiger partial charge >= 0.3 is 6.09 Å². The fraction of sp³-hybridized carbons (Fsp3) is 0.938. The summed E-state index contributed by atoms with van der Waals surface area (Å²) in [5, 5.41) is 0. The van der Waals surface area contributed by atoms with Gasteiger partial charge < -0.3 is 9.47 Å². The Morgan fingerprint density at radius 3 is 2.38 bits per heavy atom. The van der Waals surface area contributed by atoms with Crippen LogP contribution in [0.25, 0.3) is 0 Å². The highest BCUT2D eigenvalue weighted by Gasteiger charge is 2.50. The zero-order valence-electron chi connectivity index (χ0n) is 14.4. The van der Waals surface area contributed by atoms with Crippen LogP contribution in [0.5, 0.6) is 0 Å². The third-order valence-electron chi connectivity index (χ3n) is 3.48. The molecule has 1 fully saturated rings. The summed E-state index contributed by atoms with van der Waals surface area (Å²) in [5.74, 6) is 0.993. The summed E-state index contributed by atoms with van der Waals surface area (Å²) in [5.41, 5.74) is -1.18. The van der Waals surface area contributed by atoms with Crippen molar-refractivity contribution in [3.63, 3.8) is 0 Å². The first-order valence-electron chi connectivity index (χ1n) is 7.74. The Labute approximate surface area is 134 Å². The highest BCUT2D eigenvalue weighted by atomic mass is 35.5. The second-order valence-corrected chi connectivity index (χ2v) is 8.01. The first-order valence-corrected chi connectivity index (χ1v) is 8.27. The van der Waals surface area contributed by atoms with E-state index >= 15 is 0 Å². The number of hydrogen-bond donors (Lipinski definition) is 0. The molecule has 0 aliphatic carbocycles. The zero-order valence-corrected chi connectivity index (χ0v) is 15.2. The number of carbonyl (C=O) groups excluding carboxylic acids is 1. The number of nitrogens with zero attached hydrogens (tertiary/aromatic N) is 1. The van der Waals surface area contributed by atoms with Gasteiger partial charge in [-0.1, -0.05) is 13.8 Å². The summed E-state index contributed by atoms with van der Waals surface area (Å²) in [6.07, 6.45) is 1.27. The molecule has 0 saturated carbocycles. The van der Waals surface area contributed by atoms with Gasteiger partial charge in [0.25, 0.3) is 0 Å². The lowest BCUT2D eigenvalue weighted by Crippen LogP contribution is -2.50. The van der Waals surface area contributed by atoms with E-state index in [1.807, 2.05) is 34.6 Å².